The average molecular weight is 308 g/mol. The maximum absolute atomic E-state index is 13.0. The Morgan fingerprint density at radius 2 is 1.74 bits per heavy atom. The predicted molar refractivity (Wildman–Crippen MR) is 59.8 cm³/mol. The lowest BCUT2D eigenvalue weighted by atomic mass is 9.99. The number of methoxy groups -OCH3 is 1. The number of ether oxygens (including phenoxy) is 1. The van der Waals surface area contributed by atoms with Crippen LogP contribution in [0.4, 0.5) is 22.0 Å². The van der Waals surface area contributed by atoms with Crippen molar-refractivity contribution in [1.29, 1.82) is 0 Å². The average Bonchev–Trinajstić information content (AvgIpc) is 2.27. The van der Waals surface area contributed by atoms with Gasteiger partial charge in [-0.1, -0.05) is 0 Å². The number of benzene rings is 1. The van der Waals surface area contributed by atoms with Gasteiger partial charge in [-0.3, -0.25) is 0 Å². The van der Waals surface area contributed by atoms with E-state index in [-0.39, 0.29) is 18.2 Å². The van der Waals surface area contributed by atoms with E-state index < -0.39 is 29.5 Å². The summed E-state index contributed by atoms with van der Waals surface area (Å²) in [6, 6.07) is 0.254. The molecule has 3 N–H and O–H groups in total. The monoisotopic (exact) mass is 307 g/mol. The van der Waals surface area contributed by atoms with Crippen LogP contribution < -0.4 is 10.5 Å². The van der Waals surface area contributed by atoms with Crippen molar-refractivity contribution in [2.75, 3.05) is 7.11 Å². The second-order valence-corrected chi connectivity index (χ2v) is 3.52. The van der Waals surface area contributed by atoms with E-state index in [0.717, 1.165) is 12.1 Å². The van der Waals surface area contributed by atoms with E-state index >= 15 is 0 Å². The molecule has 1 aromatic carbocycles. The highest BCUT2D eigenvalue weighted by Crippen LogP contribution is 2.45. The van der Waals surface area contributed by atoms with E-state index in [1.807, 2.05) is 0 Å². The molecule has 0 saturated heterocycles. The molecule has 0 aliphatic heterocycles. The Morgan fingerprint density at radius 1 is 1.21 bits per heavy atom. The van der Waals surface area contributed by atoms with Gasteiger partial charge in [-0.05, 0) is 18.2 Å². The van der Waals surface area contributed by atoms with Gasteiger partial charge in [-0.2, -0.15) is 22.0 Å². The number of halogens is 6. The second-order valence-electron chi connectivity index (χ2n) is 3.52. The first-order chi connectivity index (χ1) is 8.11. The Hall–Kier alpha value is -1.28. The number of rotatable bonds is 3. The van der Waals surface area contributed by atoms with Crippen LogP contribution in [-0.2, 0) is 0 Å². The van der Waals surface area contributed by atoms with Crippen LogP contribution in [-0.4, -0.2) is 24.3 Å². The quantitative estimate of drug-likeness (QED) is 0.844. The summed E-state index contributed by atoms with van der Waals surface area (Å²) < 4.78 is 67.1. The molecule has 1 rings (SSSR count). The predicted octanol–water partition coefficient (Wildman–Crippen LogP) is 3.02. The smallest absolute Gasteiger partial charge is 0.455 e. The molecule has 0 heterocycles. The molecule has 0 aliphatic carbocycles. The first-order valence-corrected chi connectivity index (χ1v) is 4.68. The molecule has 0 fully saturated rings. The van der Waals surface area contributed by atoms with Gasteiger partial charge in [0, 0.05) is 5.56 Å². The van der Waals surface area contributed by atoms with Gasteiger partial charge in [-0.25, -0.2) is 0 Å². The summed E-state index contributed by atoms with van der Waals surface area (Å²) in [5.74, 6) is -5.90. The Kier molecular flexibility index (Phi) is 5.40. The van der Waals surface area contributed by atoms with Crippen molar-refractivity contribution in [3.63, 3.8) is 0 Å². The molecule has 1 atom stereocenters. The maximum Gasteiger partial charge on any atom is 0.455 e. The molecule has 110 valence electrons. The number of alkyl halides is 5. The summed E-state index contributed by atoms with van der Waals surface area (Å²) in [5.41, 5.74) is 4.16. The summed E-state index contributed by atoms with van der Waals surface area (Å²) in [4.78, 5) is 0. The topological polar surface area (TPSA) is 55.5 Å². The molecule has 0 saturated carbocycles. The molecular formula is C10H11ClF5NO2. The van der Waals surface area contributed by atoms with Crippen molar-refractivity contribution in [3.8, 4) is 11.5 Å². The molecule has 1 aromatic rings. The van der Waals surface area contributed by atoms with Gasteiger partial charge < -0.3 is 15.6 Å². The van der Waals surface area contributed by atoms with Gasteiger partial charge in [0.15, 0.2) is 0 Å². The van der Waals surface area contributed by atoms with Gasteiger partial charge in [0.2, 0.25) is 0 Å². The largest absolute Gasteiger partial charge is 0.508 e. The molecule has 9 heteroatoms. The highest BCUT2D eigenvalue weighted by atomic mass is 35.5. The first kappa shape index (κ1) is 17.7. The third-order valence-corrected chi connectivity index (χ3v) is 2.34. The maximum atomic E-state index is 13.0. The fourth-order valence-electron chi connectivity index (χ4n) is 1.28. The first-order valence-electron chi connectivity index (χ1n) is 4.68. The van der Waals surface area contributed by atoms with Gasteiger partial charge in [-0.15, -0.1) is 12.4 Å². The zero-order valence-corrected chi connectivity index (χ0v) is 10.4. The lowest BCUT2D eigenvalue weighted by Crippen LogP contribution is -2.45. The van der Waals surface area contributed by atoms with E-state index in [9.17, 15) is 27.1 Å². The Bertz CT molecular complexity index is 438. The SMILES string of the molecule is COc1ccc(O)c([C@@H](N)C(F)(F)C(F)(F)F)c1.Cl. The van der Waals surface area contributed by atoms with Crippen molar-refractivity contribution in [2.24, 2.45) is 5.73 Å². The molecule has 0 amide bonds. The molecule has 19 heavy (non-hydrogen) atoms. The van der Waals surface area contributed by atoms with Gasteiger partial charge >= 0.3 is 12.1 Å². The van der Waals surface area contributed by atoms with Crippen LogP contribution in [0.1, 0.15) is 11.6 Å². The van der Waals surface area contributed by atoms with Crippen LogP contribution >= 0.6 is 12.4 Å². The van der Waals surface area contributed by atoms with Crippen molar-refractivity contribution in [1.82, 2.24) is 0 Å². The van der Waals surface area contributed by atoms with Crippen LogP contribution in [0.15, 0.2) is 18.2 Å². The highest BCUT2D eigenvalue weighted by Gasteiger charge is 2.62. The van der Waals surface area contributed by atoms with Crippen molar-refractivity contribution in [3.05, 3.63) is 23.8 Å². The number of phenols is 1. The van der Waals surface area contributed by atoms with Crippen molar-refractivity contribution in [2.45, 2.75) is 18.1 Å². The van der Waals surface area contributed by atoms with E-state index in [4.69, 9.17) is 5.73 Å². The lowest BCUT2D eigenvalue weighted by Gasteiger charge is -2.26. The molecule has 0 aromatic heterocycles. The van der Waals surface area contributed by atoms with Crippen molar-refractivity contribution >= 4 is 12.4 Å². The number of aromatic hydroxyl groups is 1. The summed E-state index contributed by atoms with van der Waals surface area (Å²) in [7, 11) is 1.20. The van der Waals surface area contributed by atoms with E-state index in [2.05, 4.69) is 4.74 Å². The molecule has 0 unspecified atom stereocenters. The van der Waals surface area contributed by atoms with E-state index in [0.29, 0.717) is 0 Å². The highest BCUT2D eigenvalue weighted by molar-refractivity contribution is 5.85. The summed E-state index contributed by atoms with van der Waals surface area (Å²) in [6.45, 7) is 0. The second kappa shape index (κ2) is 5.79. The van der Waals surface area contributed by atoms with Crippen LogP contribution in [0, 0.1) is 0 Å². The van der Waals surface area contributed by atoms with Crippen LogP contribution in [0.5, 0.6) is 11.5 Å². The number of nitrogens with two attached hydrogens (primary N) is 1. The molecule has 3 nitrogen and oxygen atoms in total. The normalized spacial score (nSPS) is 13.6. The number of hydrogen-bond donors (Lipinski definition) is 2. The van der Waals surface area contributed by atoms with Gasteiger partial charge in [0.1, 0.15) is 17.5 Å². The standard InChI is InChI=1S/C10H10F5NO2.ClH/c1-18-5-2-3-7(17)6(4-5)8(16)9(11,12)10(13,14)15;/h2-4,8,17H,16H2,1H3;1H/t8-;/m1./s1. The van der Waals surface area contributed by atoms with Gasteiger partial charge in [0.05, 0.1) is 7.11 Å². The number of phenolic OH excluding ortho intramolecular Hbond substituents is 1. The third-order valence-electron chi connectivity index (χ3n) is 2.34. The Balaban J connectivity index is 0.00000324. The molecule has 0 aliphatic rings. The molecule has 0 radical (unpaired) electrons. The van der Waals surface area contributed by atoms with Crippen molar-refractivity contribution < 1.29 is 31.8 Å². The fraction of sp³-hybridized carbons (Fsp3) is 0.400. The zero-order valence-electron chi connectivity index (χ0n) is 9.54. The van der Waals surface area contributed by atoms with E-state index in [1.54, 1.807) is 0 Å². The minimum absolute atomic E-state index is 0. The minimum Gasteiger partial charge on any atom is -0.508 e. The number of hydrogen-bond acceptors (Lipinski definition) is 3. The van der Waals surface area contributed by atoms with E-state index in [1.165, 1.54) is 13.2 Å². The van der Waals surface area contributed by atoms with Crippen LogP contribution in [0.3, 0.4) is 0 Å². The minimum atomic E-state index is -5.80. The molecule has 0 spiro atoms. The fourth-order valence-corrected chi connectivity index (χ4v) is 1.28. The molecular weight excluding hydrogens is 297 g/mol. The Morgan fingerprint density at radius 3 is 2.16 bits per heavy atom. The van der Waals surface area contributed by atoms with Crippen LogP contribution in [0.25, 0.3) is 0 Å². The molecule has 0 bridgehead atoms. The zero-order chi connectivity index (χ0) is 14.1. The summed E-state index contributed by atoms with van der Waals surface area (Å²) in [5, 5.41) is 9.29. The third kappa shape index (κ3) is 3.38. The lowest BCUT2D eigenvalue weighted by molar-refractivity contribution is -0.291. The van der Waals surface area contributed by atoms with Crippen LogP contribution in [0.2, 0.25) is 0 Å². The Labute approximate surface area is 111 Å². The summed E-state index contributed by atoms with van der Waals surface area (Å²) >= 11 is 0. The van der Waals surface area contributed by atoms with Gasteiger partial charge in [0.25, 0.3) is 0 Å². The summed E-state index contributed by atoms with van der Waals surface area (Å²) in [6.07, 6.45) is -5.80.